The van der Waals surface area contributed by atoms with Crippen LogP contribution >= 0.6 is 0 Å². The summed E-state index contributed by atoms with van der Waals surface area (Å²) in [4.78, 5) is 30.1. The molecule has 9 heteroatoms. The van der Waals surface area contributed by atoms with Gasteiger partial charge in [-0.2, -0.15) is 10.4 Å². The minimum atomic E-state index is -0.691. The highest BCUT2D eigenvalue weighted by Gasteiger charge is 2.30. The van der Waals surface area contributed by atoms with Gasteiger partial charge in [-0.25, -0.2) is 0 Å². The lowest BCUT2D eigenvalue weighted by molar-refractivity contribution is -0.00204. The van der Waals surface area contributed by atoms with Crippen molar-refractivity contribution in [2.45, 2.75) is 58.6 Å². The number of rotatable bonds is 5. The molecule has 1 saturated heterocycles. The zero-order chi connectivity index (χ0) is 25.2. The fraction of sp³-hybridized carbons (Fsp3) is 0.462. The molecule has 2 aromatic heterocycles. The predicted molar refractivity (Wildman–Crippen MR) is 135 cm³/mol. The molecule has 0 atom stereocenters. The second-order valence-corrected chi connectivity index (χ2v) is 9.71. The summed E-state index contributed by atoms with van der Waals surface area (Å²) >= 11 is 0. The molecular weight excluding hydrogens is 444 g/mol. The monoisotopic (exact) mass is 476 g/mol. The van der Waals surface area contributed by atoms with Gasteiger partial charge in [0.25, 0.3) is 11.5 Å². The highest BCUT2D eigenvalue weighted by Crippen LogP contribution is 2.33. The molecule has 0 spiro atoms. The Morgan fingerprint density at radius 3 is 2.63 bits per heavy atom. The van der Waals surface area contributed by atoms with Crippen molar-refractivity contribution in [3.63, 3.8) is 0 Å². The largest absolute Gasteiger partial charge is 0.390 e. The maximum atomic E-state index is 13.0. The van der Waals surface area contributed by atoms with Crippen molar-refractivity contribution in [2.75, 3.05) is 18.4 Å². The number of nitrogens with one attached hydrogen (secondary N) is 2. The standard InChI is InChI=1S/C24H29N5O3.C2H3N/c1-15-13-17(5-6-18(15)23(31)28-11-8-24(2,32)9-12-28)26-21-20-19(7-10-25-22(20)30)29(27-21)14-16-3-4-16;1-2-3/h5-7,10,13,16,32H,3-4,8-9,11-12,14H2,1-2H3,(H,25,30)(H,26,27);1H3. The summed E-state index contributed by atoms with van der Waals surface area (Å²) in [7, 11) is 0. The van der Waals surface area contributed by atoms with Crippen LogP contribution in [0.2, 0.25) is 0 Å². The number of aromatic amines is 1. The van der Waals surface area contributed by atoms with Crippen molar-refractivity contribution in [3.05, 3.63) is 51.9 Å². The van der Waals surface area contributed by atoms with Gasteiger partial charge in [0.2, 0.25) is 0 Å². The fourth-order valence-electron chi connectivity index (χ4n) is 4.39. The van der Waals surface area contributed by atoms with Crippen molar-refractivity contribution in [1.29, 1.82) is 5.26 Å². The van der Waals surface area contributed by atoms with Crippen LogP contribution in [-0.4, -0.2) is 49.4 Å². The molecule has 2 fully saturated rings. The summed E-state index contributed by atoms with van der Waals surface area (Å²) in [6.45, 7) is 7.09. The number of fused-ring (bicyclic) bond motifs is 1. The lowest BCUT2D eigenvalue weighted by Gasteiger charge is -2.36. The van der Waals surface area contributed by atoms with Crippen molar-refractivity contribution >= 4 is 28.3 Å². The SMILES string of the molecule is CC#N.Cc1cc(Nc2nn(CC3CC3)c3cc[nH]c(=O)c23)ccc1C(=O)N1CCC(C)(O)CC1. The third-order valence-electron chi connectivity index (χ3n) is 6.65. The Hall–Kier alpha value is -3.64. The van der Waals surface area contributed by atoms with E-state index >= 15 is 0 Å². The number of nitriles is 1. The normalized spacial score (nSPS) is 16.8. The van der Waals surface area contributed by atoms with E-state index in [1.54, 1.807) is 17.2 Å². The van der Waals surface area contributed by atoms with Gasteiger partial charge in [0.05, 0.1) is 17.2 Å². The van der Waals surface area contributed by atoms with Gasteiger partial charge in [-0.3, -0.25) is 14.3 Å². The number of hydrogen-bond donors (Lipinski definition) is 3. The first-order chi connectivity index (χ1) is 16.7. The Bertz CT molecular complexity index is 1320. The number of amides is 1. The second kappa shape index (κ2) is 9.92. The van der Waals surface area contributed by atoms with Crippen molar-refractivity contribution in [2.24, 2.45) is 5.92 Å². The summed E-state index contributed by atoms with van der Waals surface area (Å²) in [6, 6.07) is 9.22. The molecule has 0 radical (unpaired) electrons. The molecule has 0 unspecified atom stereocenters. The van der Waals surface area contributed by atoms with Crippen LogP contribution in [0, 0.1) is 24.2 Å². The first kappa shape index (κ1) is 24.5. The molecule has 1 saturated carbocycles. The van der Waals surface area contributed by atoms with E-state index in [1.165, 1.54) is 19.8 Å². The van der Waals surface area contributed by atoms with E-state index in [0.717, 1.165) is 23.3 Å². The topological polar surface area (TPSA) is 127 Å². The van der Waals surface area contributed by atoms with Crippen LogP contribution in [0.3, 0.4) is 0 Å². The third kappa shape index (κ3) is 5.54. The molecule has 5 rings (SSSR count). The fourth-order valence-corrected chi connectivity index (χ4v) is 4.39. The number of aryl methyl sites for hydroxylation is 1. The van der Waals surface area contributed by atoms with E-state index in [0.29, 0.717) is 48.6 Å². The number of H-pyrrole nitrogens is 1. The van der Waals surface area contributed by atoms with Gasteiger partial charge in [0.1, 0.15) is 5.39 Å². The van der Waals surface area contributed by atoms with Crippen LogP contribution in [-0.2, 0) is 6.54 Å². The van der Waals surface area contributed by atoms with Crippen LogP contribution < -0.4 is 10.9 Å². The van der Waals surface area contributed by atoms with Gasteiger partial charge in [-0.05, 0) is 75.3 Å². The van der Waals surface area contributed by atoms with Gasteiger partial charge in [0.15, 0.2) is 5.82 Å². The molecular formula is C26H32N6O3. The van der Waals surface area contributed by atoms with Crippen LogP contribution in [0.15, 0.2) is 35.3 Å². The number of carbonyl (C=O) groups excluding carboxylic acids is 1. The van der Waals surface area contributed by atoms with Crippen LogP contribution in [0.4, 0.5) is 11.5 Å². The van der Waals surface area contributed by atoms with E-state index in [-0.39, 0.29) is 11.5 Å². The van der Waals surface area contributed by atoms with Crippen molar-refractivity contribution < 1.29 is 9.90 Å². The average Bonchev–Trinajstić information content (AvgIpc) is 3.55. The Balaban J connectivity index is 0.000000917. The minimum absolute atomic E-state index is 0.0137. The van der Waals surface area contributed by atoms with E-state index in [9.17, 15) is 14.7 Å². The second-order valence-electron chi connectivity index (χ2n) is 9.71. The van der Waals surface area contributed by atoms with Crippen LogP contribution in [0.5, 0.6) is 0 Å². The first-order valence-corrected chi connectivity index (χ1v) is 12.0. The quantitative estimate of drug-likeness (QED) is 0.515. The first-order valence-electron chi connectivity index (χ1n) is 12.0. The molecule has 3 N–H and O–H groups in total. The highest BCUT2D eigenvalue weighted by molar-refractivity contribution is 5.96. The number of nitrogens with zero attached hydrogens (tertiary/aromatic N) is 4. The molecule has 2 aliphatic rings. The maximum Gasteiger partial charge on any atom is 0.261 e. The summed E-state index contributed by atoms with van der Waals surface area (Å²) in [5.41, 5.74) is 2.25. The molecule has 1 aliphatic heterocycles. The molecule has 3 aromatic rings. The number of pyridine rings is 1. The number of piperidine rings is 1. The number of anilines is 2. The molecule has 3 heterocycles. The van der Waals surface area contributed by atoms with Gasteiger partial charge < -0.3 is 20.3 Å². The summed E-state index contributed by atoms with van der Waals surface area (Å²) in [6.07, 6.45) is 5.24. The van der Waals surface area contributed by atoms with E-state index in [2.05, 4.69) is 15.4 Å². The molecule has 184 valence electrons. The Morgan fingerprint density at radius 2 is 2.00 bits per heavy atom. The van der Waals surface area contributed by atoms with Crippen LogP contribution in [0.25, 0.3) is 10.9 Å². The number of benzene rings is 1. The smallest absolute Gasteiger partial charge is 0.261 e. The van der Waals surface area contributed by atoms with Gasteiger partial charge in [-0.15, -0.1) is 0 Å². The van der Waals surface area contributed by atoms with Gasteiger partial charge in [0, 0.05) is 44.0 Å². The number of hydrogen-bond acceptors (Lipinski definition) is 6. The summed E-state index contributed by atoms with van der Waals surface area (Å²) in [5, 5.41) is 26.0. The number of carbonyl (C=O) groups is 1. The predicted octanol–water partition coefficient (Wildman–Crippen LogP) is 3.70. The Morgan fingerprint density at radius 1 is 1.31 bits per heavy atom. The Kier molecular flexibility index (Phi) is 6.94. The molecule has 0 bridgehead atoms. The van der Waals surface area contributed by atoms with Gasteiger partial charge >= 0.3 is 0 Å². The summed E-state index contributed by atoms with van der Waals surface area (Å²) < 4.78 is 1.92. The number of aromatic nitrogens is 3. The minimum Gasteiger partial charge on any atom is -0.390 e. The highest BCUT2D eigenvalue weighted by atomic mass is 16.3. The van der Waals surface area contributed by atoms with E-state index in [4.69, 9.17) is 5.26 Å². The molecule has 1 amide bonds. The van der Waals surface area contributed by atoms with Crippen molar-refractivity contribution in [1.82, 2.24) is 19.7 Å². The lowest BCUT2D eigenvalue weighted by Crippen LogP contribution is -2.45. The average molecular weight is 477 g/mol. The maximum absolute atomic E-state index is 13.0. The van der Waals surface area contributed by atoms with Crippen molar-refractivity contribution in [3.8, 4) is 6.07 Å². The molecule has 1 aliphatic carbocycles. The van der Waals surface area contributed by atoms with Crippen LogP contribution in [0.1, 0.15) is 55.5 Å². The third-order valence-corrected chi connectivity index (χ3v) is 6.65. The zero-order valence-corrected chi connectivity index (χ0v) is 20.5. The molecule has 35 heavy (non-hydrogen) atoms. The Labute approximate surface area is 204 Å². The number of aliphatic hydroxyl groups is 1. The zero-order valence-electron chi connectivity index (χ0n) is 20.5. The van der Waals surface area contributed by atoms with E-state index in [1.807, 2.05) is 42.8 Å². The van der Waals surface area contributed by atoms with Gasteiger partial charge in [-0.1, -0.05) is 0 Å². The lowest BCUT2D eigenvalue weighted by atomic mass is 9.93. The molecule has 9 nitrogen and oxygen atoms in total. The molecule has 1 aromatic carbocycles. The summed E-state index contributed by atoms with van der Waals surface area (Å²) in [5.74, 6) is 1.15. The number of likely N-dealkylation sites (tertiary alicyclic amines) is 1. The van der Waals surface area contributed by atoms with E-state index < -0.39 is 5.60 Å².